The van der Waals surface area contributed by atoms with Gasteiger partial charge in [-0.2, -0.15) is 0 Å². The average Bonchev–Trinajstić information content (AvgIpc) is 2.35. The van der Waals surface area contributed by atoms with Crippen molar-refractivity contribution in [3.05, 3.63) is 0 Å². The molecule has 0 aliphatic carbocycles. The van der Waals surface area contributed by atoms with Gasteiger partial charge in [-0.3, -0.25) is 4.90 Å². The number of nitrogens with one attached hydrogen (secondary N) is 1. The van der Waals surface area contributed by atoms with Gasteiger partial charge in [0, 0.05) is 32.8 Å². The molecular formula is C15H34N2O. The lowest BCUT2D eigenvalue weighted by molar-refractivity contribution is 0.116. The summed E-state index contributed by atoms with van der Waals surface area (Å²) in [6, 6.07) is 0.701. The van der Waals surface area contributed by atoms with Crippen LogP contribution in [0.1, 0.15) is 47.0 Å². The smallest absolute Gasteiger partial charge is 0.0589 e. The standard InChI is InChI=1S/C15H34N2O/c1-6-15(7-2)17(12-13-18-5)11-10-16-9-8-14(3)4/h14-16H,6-13H2,1-5H3. The van der Waals surface area contributed by atoms with E-state index in [1.807, 2.05) is 0 Å². The predicted octanol–water partition coefficient (Wildman–Crippen LogP) is 2.76. The summed E-state index contributed by atoms with van der Waals surface area (Å²) in [5, 5.41) is 3.54. The Hall–Kier alpha value is -0.120. The number of hydrogen-bond acceptors (Lipinski definition) is 3. The first kappa shape index (κ1) is 17.9. The van der Waals surface area contributed by atoms with Crippen LogP contribution in [0.5, 0.6) is 0 Å². The van der Waals surface area contributed by atoms with Gasteiger partial charge in [0.25, 0.3) is 0 Å². The maximum Gasteiger partial charge on any atom is 0.0589 e. The van der Waals surface area contributed by atoms with Crippen molar-refractivity contribution in [3.63, 3.8) is 0 Å². The third-order valence-electron chi connectivity index (χ3n) is 3.52. The van der Waals surface area contributed by atoms with Crippen LogP contribution in [0.2, 0.25) is 0 Å². The van der Waals surface area contributed by atoms with Gasteiger partial charge in [-0.05, 0) is 31.7 Å². The SMILES string of the molecule is CCC(CC)N(CCNCCC(C)C)CCOC. The highest BCUT2D eigenvalue weighted by atomic mass is 16.5. The van der Waals surface area contributed by atoms with Crippen LogP contribution in [0.4, 0.5) is 0 Å². The lowest BCUT2D eigenvalue weighted by atomic mass is 10.1. The number of hydrogen-bond donors (Lipinski definition) is 1. The molecule has 0 bridgehead atoms. The zero-order valence-electron chi connectivity index (χ0n) is 13.2. The van der Waals surface area contributed by atoms with Gasteiger partial charge in [-0.15, -0.1) is 0 Å². The molecule has 0 aliphatic heterocycles. The van der Waals surface area contributed by atoms with Gasteiger partial charge < -0.3 is 10.1 Å². The largest absolute Gasteiger partial charge is 0.383 e. The summed E-state index contributed by atoms with van der Waals surface area (Å²) in [6.07, 6.45) is 3.72. The fourth-order valence-corrected chi connectivity index (χ4v) is 2.23. The Morgan fingerprint density at radius 3 is 2.22 bits per heavy atom. The zero-order chi connectivity index (χ0) is 13.8. The van der Waals surface area contributed by atoms with Gasteiger partial charge in [-0.1, -0.05) is 27.7 Å². The van der Waals surface area contributed by atoms with Crippen LogP contribution in [-0.2, 0) is 4.74 Å². The molecule has 0 saturated heterocycles. The van der Waals surface area contributed by atoms with Crippen molar-refractivity contribution >= 4 is 0 Å². The van der Waals surface area contributed by atoms with Crippen molar-refractivity contribution in [3.8, 4) is 0 Å². The van der Waals surface area contributed by atoms with E-state index in [2.05, 4.69) is 37.9 Å². The molecule has 0 aliphatic rings. The quantitative estimate of drug-likeness (QED) is 0.545. The highest BCUT2D eigenvalue weighted by Crippen LogP contribution is 2.07. The van der Waals surface area contributed by atoms with Gasteiger partial charge >= 0.3 is 0 Å². The van der Waals surface area contributed by atoms with Gasteiger partial charge in [0.2, 0.25) is 0 Å². The van der Waals surface area contributed by atoms with E-state index in [1.165, 1.54) is 19.3 Å². The molecule has 0 rings (SSSR count). The summed E-state index contributed by atoms with van der Waals surface area (Å²) in [5.74, 6) is 0.793. The fourth-order valence-electron chi connectivity index (χ4n) is 2.23. The molecule has 3 nitrogen and oxygen atoms in total. The van der Waals surface area contributed by atoms with Crippen LogP contribution in [0, 0.1) is 5.92 Å². The first-order valence-corrected chi connectivity index (χ1v) is 7.59. The molecule has 0 fully saturated rings. The molecule has 0 aromatic rings. The Kier molecular flexibility index (Phi) is 11.9. The summed E-state index contributed by atoms with van der Waals surface area (Å²) in [4.78, 5) is 2.56. The number of nitrogens with zero attached hydrogens (tertiary/aromatic N) is 1. The molecule has 0 saturated carbocycles. The summed E-state index contributed by atoms with van der Waals surface area (Å²) in [6.45, 7) is 14.4. The number of rotatable bonds is 12. The van der Waals surface area contributed by atoms with Crippen LogP contribution in [0.3, 0.4) is 0 Å². The Balaban J connectivity index is 3.85. The lowest BCUT2D eigenvalue weighted by Crippen LogP contribution is -2.41. The second-order valence-electron chi connectivity index (χ2n) is 5.43. The molecule has 3 heteroatoms. The molecule has 0 amide bonds. The highest BCUT2D eigenvalue weighted by Gasteiger charge is 2.13. The van der Waals surface area contributed by atoms with E-state index in [0.717, 1.165) is 38.7 Å². The Labute approximate surface area is 114 Å². The van der Waals surface area contributed by atoms with E-state index < -0.39 is 0 Å². The fraction of sp³-hybridized carbons (Fsp3) is 1.00. The van der Waals surface area contributed by atoms with Gasteiger partial charge in [-0.25, -0.2) is 0 Å². The molecular weight excluding hydrogens is 224 g/mol. The summed E-state index contributed by atoms with van der Waals surface area (Å²) in [7, 11) is 1.78. The topological polar surface area (TPSA) is 24.5 Å². The molecule has 0 unspecified atom stereocenters. The van der Waals surface area contributed by atoms with Crippen LogP contribution in [0.25, 0.3) is 0 Å². The Bertz CT molecular complexity index is 170. The number of methoxy groups -OCH3 is 1. The van der Waals surface area contributed by atoms with Crippen LogP contribution < -0.4 is 5.32 Å². The minimum absolute atomic E-state index is 0.701. The van der Waals surface area contributed by atoms with E-state index in [4.69, 9.17) is 4.74 Å². The third kappa shape index (κ3) is 8.90. The van der Waals surface area contributed by atoms with Gasteiger partial charge in [0.1, 0.15) is 0 Å². The van der Waals surface area contributed by atoms with E-state index in [-0.39, 0.29) is 0 Å². The first-order chi connectivity index (χ1) is 8.65. The molecule has 0 spiro atoms. The van der Waals surface area contributed by atoms with Crippen molar-refractivity contribution in [2.24, 2.45) is 5.92 Å². The monoisotopic (exact) mass is 258 g/mol. The minimum Gasteiger partial charge on any atom is -0.383 e. The normalized spacial score (nSPS) is 12.0. The third-order valence-corrected chi connectivity index (χ3v) is 3.52. The van der Waals surface area contributed by atoms with Crippen molar-refractivity contribution < 1.29 is 4.74 Å². The maximum atomic E-state index is 5.21. The second-order valence-corrected chi connectivity index (χ2v) is 5.43. The minimum atomic E-state index is 0.701. The average molecular weight is 258 g/mol. The highest BCUT2D eigenvalue weighted by molar-refractivity contribution is 4.70. The summed E-state index contributed by atoms with van der Waals surface area (Å²) >= 11 is 0. The van der Waals surface area contributed by atoms with E-state index in [9.17, 15) is 0 Å². The van der Waals surface area contributed by atoms with Crippen molar-refractivity contribution in [2.45, 2.75) is 53.0 Å². The molecule has 18 heavy (non-hydrogen) atoms. The maximum absolute atomic E-state index is 5.21. The van der Waals surface area contributed by atoms with Gasteiger partial charge in [0.05, 0.1) is 6.61 Å². The Morgan fingerprint density at radius 2 is 1.72 bits per heavy atom. The van der Waals surface area contributed by atoms with E-state index in [0.29, 0.717) is 6.04 Å². The zero-order valence-corrected chi connectivity index (χ0v) is 13.2. The predicted molar refractivity (Wildman–Crippen MR) is 80.1 cm³/mol. The molecule has 0 heterocycles. The van der Waals surface area contributed by atoms with Crippen LogP contribution in [0.15, 0.2) is 0 Å². The van der Waals surface area contributed by atoms with Crippen molar-refractivity contribution in [1.29, 1.82) is 0 Å². The number of ether oxygens (including phenoxy) is 1. The molecule has 0 aromatic carbocycles. The molecule has 0 aromatic heterocycles. The van der Waals surface area contributed by atoms with Crippen molar-refractivity contribution in [2.75, 3.05) is 39.9 Å². The van der Waals surface area contributed by atoms with Gasteiger partial charge in [0.15, 0.2) is 0 Å². The Morgan fingerprint density at radius 1 is 1.06 bits per heavy atom. The molecule has 1 N–H and O–H groups in total. The lowest BCUT2D eigenvalue weighted by Gasteiger charge is -2.30. The molecule has 110 valence electrons. The summed E-state index contributed by atoms with van der Waals surface area (Å²) in [5.41, 5.74) is 0. The van der Waals surface area contributed by atoms with Crippen molar-refractivity contribution in [1.82, 2.24) is 10.2 Å². The van der Waals surface area contributed by atoms with E-state index >= 15 is 0 Å². The first-order valence-electron chi connectivity index (χ1n) is 7.59. The molecule has 0 radical (unpaired) electrons. The van der Waals surface area contributed by atoms with Crippen LogP contribution in [-0.4, -0.2) is 50.8 Å². The molecule has 0 atom stereocenters. The van der Waals surface area contributed by atoms with E-state index in [1.54, 1.807) is 7.11 Å². The summed E-state index contributed by atoms with van der Waals surface area (Å²) < 4.78 is 5.21. The van der Waals surface area contributed by atoms with Crippen LogP contribution >= 0.6 is 0 Å². The second kappa shape index (κ2) is 11.9.